The topological polar surface area (TPSA) is 74.2 Å². The first kappa shape index (κ1) is 16.8. The molecule has 1 unspecified atom stereocenters. The summed E-state index contributed by atoms with van der Waals surface area (Å²) >= 11 is 0. The molecule has 0 aliphatic heterocycles. The van der Waals surface area contributed by atoms with Gasteiger partial charge in [-0.05, 0) is 31.2 Å². The molecule has 0 aliphatic carbocycles. The quantitative estimate of drug-likeness (QED) is 0.739. The molecule has 0 saturated carbocycles. The first-order valence-electron chi connectivity index (χ1n) is 6.71. The lowest BCUT2D eigenvalue weighted by Gasteiger charge is -2.09. The maximum absolute atomic E-state index is 13.5. The Morgan fingerprint density at radius 1 is 1.22 bits per heavy atom. The minimum atomic E-state index is -1.70. The summed E-state index contributed by atoms with van der Waals surface area (Å²) in [6.45, 7) is 1.91. The third-order valence-electron chi connectivity index (χ3n) is 2.88. The number of anilines is 2. The van der Waals surface area contributed by atoms with Gasteiger partial charge in [0.1, 0.15) is 5.82 Å². The molecule has 3 N–H and O–H groups in total. The highest BCUT2D eigenvalue weighted by Gasteiger charge is 2.18. The number of halogens is 3. The van der Waals surface area contributed by atoms with Crippen LogP contribution in [0.4, 0.5) is 24.7 Å². The van der Waals surface area contributed by atoms with Crippen LogP contribution in [0.1, 0.15) is 17.3 Å². The van der Waals surface area contributed by atoms with E-state index in [-0.39, 0.29) is 5.69 Å². The summed E-state index contributed by atoms with van der Waals surface area (Å²) in [6.07, 6.45) is 0.757. The minimum absolute atomic E-state index is 0.252. The van der Waals surface area contributed by atoms with Crippen LogP contribution >= 0.6 is 0 Å². The molecule has 2 rings (SSSR count). The molecule has 1 atom stereocenters. The summed E-state index contributed by atoms with van der Waals surface area (Å²) in [6, 6.07) is 4.57. The number of carbonyl (C=O) groups is 1. The summed E-state index contributed by atoms with van der Waals surface area (Å²) in [5.74, 6) is -5.07. The zero-order valence-electron chi connectivity index (χ0n) is 12.1. The molecule has 5 nitrogen and oxygen atoms in total. The first-order chi connectivity index (χ1) is 10.9. The van der Waals surface area contributed by atoms with Crippen molar-refractivity contribution < 1.29 is 23.1 Å². The number of aliphatic hydroxyl groups excluding tert-OH is 1. The fraction of sp³-hybridized carbons (Fsp3) is 0.200. The van der Waals surface area contributed by atoms with Gasteiger partial charge in [0, 0.05) is 6.54 Å². The van der Waals surface area contributed by atoms with Crippen molar-refractivity contribution >= 4 is 17.4 Å². The van der Waals surface area contributed by atoms with E-state index >= 15 is 0 Å². The zero-order valence-corrected chi connectivity index (χ0v) is 12.1. The number of aliphatic hydroxyl groups is 1. The Hall–Kier alpha value is -2.61. The minimum Gasteiger partial charge on any atom is -0.392 e. The third kappa shape index (κ3) is 4.19. The summed E-state index contributed by atoms with van der Waals surface area (Å²) in [4.78, 5) is 15.9. The normalized spacial score (nSPS) is 11.9. The maximum Gasteiger partial charge on any atom is 0.258 e. The van der Waals surface area contributed by atoms with E-state index in [0.717, 1.165) is 6.07 Å². The summed E-state index contributed by atoms with van der Waals surface area (Å²) in [5.41, 5.74) is -0.359. The number of amides is 1. The van der Waals surface area contributed by atoms with Gasteiger partial charge in [-0.3, -0.25) is 4.79 Å². The molecule has 1 amide bonds. The molecule has 0 saturated heterocycles. The molecule has 2 aromatic rings. The lowest BCUT2D eigenvalue weighted by Crippen LogP contribution is -2.17. The fourth-order valence-electron chi connectivity index (χ4n) is 1.72. The number of hydrogen-bond donors (Lipinski definition) is 3. The molecule has 1 heterocycles. The van der Waals surface area contributed by atoms with Gasteiger partial charge in [-0.1, -0.05) is 0 Å². The third-order valence-corrected chi connectivity index (χ3v) is 2.88. The standard InChI is InChI=1S/C15H14F3N3O2/c1-8(22)6-19-12-5-2-9(7-20-12)21-15(23)10-3-4-11(16)14(18)13(10)17/h2-5,7-8,22H,6H2,1H3,(H,19,20)(H,21,23). The van der Waals surface area contributed by atoms with E-state index in [1.807, 2.05) is 0 Å². The van der Waals surface area contributed by atoms with Crippen molar-refractivity contribution in [3.63, 3.8) is 0 Å². The van der Waals surface area contributed by atoms with Crippen LogP contribution in [-0.4, -0.2) is 28.6 Å². The van der Waals surface area contributed by atoms with Gasteiger partial charge in [0.25, 0.3) is 5.91 Å². The molecule has 122 valence electrons. The predicted octanol–water partition coefficient (Wildman–Crippen LogP) is 2.54. The molecule has 0 radical (unpaired) electrons. The van der Waals surface area contributed by atoms with E-state index in [0.29, 0.717) is 18.4 Å². The molecule has 8 heteroatoms. The molecular weight excluding hydrogens is 311 g/mol. The predicted molar refractivity (Wildman–Crippen MR) is 78.7 cm³/mol. The Morgan fingerprint density at radius 3 is 2.57 bits per heavy atom. The van der Waals surface area contributed by atoms with Gasteiger partial charge < -0.3 is 15.7 Å². The van der Waals surface area contributed by atoms with Gasteiger partial charge in [0.05, 0.1) is 23.6 Å². The number of hydrogen-bond acceptors (Lipinski definition) is 4. The van der Waals surface area contributed by atoms with Gasteiger partial charge in [0.15, 0.2) is 17.5 Å². The van der Waals surface area contributed by atoms with E-state index < -0.39 is 35.0 Å². The molecule has 1 aromatic heterocycles. The largest absolute Gasteiger partial charge is 0.392 e. The average molecular weight is 325 g/mol. The van der Waals surface area contributed by atoms with Crippen molar-refractivity contribution in [3.8, 4) is 0 Å². The summed E-state index contributed by atoms with van der Waals surface area (Å²) in [7, 11) is 0. The highest BCUT2D eigenvalue weighted by molar-refractivity contribution is 6.04. The number of rotatable bonds is 5. The van der Waals surface area contributed by atoms with Gasteiger partial charge in [-0.2, -0.15) is 0 Å². The van der Waals surface area contributed by atoms with Gasteiger partial charge in [-0.25, -0.2) is 18.2 Å². The Bertz CT molecular complexity index is 706. The van der Waals surface area contributed by atoms with Gasteiger partial charge in [0.2, 0.25) is 0 Å². The first-order valence-corrected chi connectivity index (χ1v) is 6.71. The Labute approximate surface area is 130 Å². The van der Waals surface area contributed by atoms with Crippen LogP contribution in [0.3, 0.4) is 0 Å². The highest BCUT2D eigenvalue weighted by atomic mass is 19.2. The number of aromatic nitrogens is 1. The Kier molecular flexibility index (Phi) is 5.17. The van der Waals surface area contributed by atoms with Gasteiger partial charge >= 0.3 is 0 Å². The molecule has 0 aliphatic rings. The second kappa shape index (κ2) is 7.10. The smallest absolute Gasteiger partial charge is 0.258 e. The second-order valence-corrected chi connectivity index (χ2v) is 4.84. The number of nitrogens with one attached hydrogen (secondary N) is 2. The lowest BCUT2D eigenvalue weighted by molar-refractivity contribution is 0.102. The molecule has 0 fully saturated rings. The van der Waals surface area contributed by atoms with E-state index in [9.17, 15) is 18.0 Å². The molecular formula is C15H14F3N3O2. The number of nitrogens with zero attached hydrogens (tertiary/aromatic N) is 1. The van der Waals surface area contributed by atoms with Crippen LogP contribution in [0.15, 0.2) is 30.5 Å². The SMILES string of the molecule is CC(O)CNc1ccc(NC(=O)c2ccc(F)c(F)c2F)cn1. The van der Waals surface area contributed by atoms with Crippen molar-refractivity contribution in [2.45, 2.75) is 13.0 Å². The number of pyridine rings is 1. The van der Waals surface area contributed by atoms with E-state index in [4.69, 9.17) is 5.11 Å². The van der Waals surface area contributed by atoms with Crippen LogP contribution in [0.2, 0.25) is 0 Å². The van der Waals surface area contributed by atoms with Crippen LogP contribution in [0, 0.1) is 17.5 Å². The lowest BCUT2D eigenvalue weighted by atomic mass is 10.2. The van der Waals surface area contributed by atoms with Crippen molar-refractivity contribution in [2.24, 2.45) is 0 Å². The second-order valence-electron chi connectivity index (χ2n) is 4.84. The highest BCUT2D eigenvalue weighted by Crippen LogP contribution is 2.17. The van der Waals surface area contributed by atoms with Crippen LogP contribution in [0.5, 0.6) is 0 Å². The van der Waals surface area contributed by atoms with Crippen molar-refractivity contribution in [1.29, 1.82) is 0 Å². The van der Waals surface area contributed by atoms with E-state index in [1.54, 1.807) is 13.0 Å². The fourth-order valence-corrected chi connectivity index (χ4v) is 1.72. The Balaban J connectivity index is 2.07. The Morgan fingerprint density at radius 2 is 1.96 bits per heavy atom. The monoisotopic (exact) mass is 325 g/mol. The maximum atomic E-state index is 13.5. The number of carbonyl (C=O) groups excluding carboxylic acids is 1. The van der Waals surface area contributed by atoms with Gasteiger partial charge in [-0.15, -0.1) is 0 Å². The summed E-state index contributed by atoms with van der Waals surface area (Å²) < 4.78 is 39.5. The van der Waals surface area contributed by atoms with E-state index in [1.165, 1.54) is 12.3 Å². The van der Waals surface area contributed by atoms with Crippen LogP contribution in [0.25, 0.3) is 0 Å². The zero-order chi connectivity index (χ0) is 17.0. The van der Waals surface area contributed by atoms with E-state index in [2.05, 4.69) is 15.6 Å². The average Bonchev–Trinajstić information content (AvgIpc) is 2.52. The van der Waals surface area contributed by atoms with Crippen molar-refractivity contribution in [2.75, 3.05) is 17.2 Å². The van der Waals surface area contributed by atoms with Crippen molar-refractivity contribution in [3.05, 3.63) is 53.5 Å². The molecule has 23 heavy (non-hydrogen) atoms. The number of benzene rings is 1. The molecule has 0 spiro atoms. The van der Waals surface area contributed by atoms with Crippen molar-refractivity contribution in [1.82, 2.24) is 4.98 Å². The van der Waals surface area contributed by atoms with Crippen LogP contribution in [-0.2, 0) is 0 Å². The molecule has 0 bridgehead atoms. The molecule has 1 aromatic carbocycles. The summed E-state index contributed by atoms with van der Waals surface area (Å²) in [5, 5.41) is 14.3. The van der Waals surface area contributed by atoms with Crippen LogP contribution < -0.4 is 10.6 Å².